The topological polar surface area (TPSA) is 30.3 Å². The van der Waals surface area contributed by atoms with Crippen LogP contribution in [-0.4, -0.2) is 41.9 Å². The molecule has 1 unspecified atom stereocenters. The second-order valence-corrected chi connectivity index (χ2v) is 4.09. The maximum absolute atomic E-state index is 8.85. The summed E-state index contributed by atoms with van der Waals surface area (Å²) in [4.78, 5) is 1.12. The van der Waals surface area contributed by atoms with E-state index in [2.05, 4.69) is 5.10 Å². The highest BCUT2D eigenvalue weighted by Gasteiger charge is 2.17. The van der Waals surface area contributed by atoms with Gasteiger partial charge in [-0.25, -0.2) is 0 Å². The standard InChI is InChI=1S/C15H21N3O/c1-17(2)11-12-19-15(13-7-5-4-6-8-13)14-9-10-16-18(14)3/h4-10,15H,11-12H2,1-3H3/i1D3,3D3,15D. The zero-order chi connectivity index (χ0) is 19.6. The van der Waals surface area contributed by atoms with E-state index in [1.807, 2.05) is 0 Å². The van der Waals surface area contributed by atoms with Gasteiger partial charge in [0.05, 0.1) is 13.7 Å². The molecule has 0 fully saturated rings. The average molecular weight is 266 g/mol. The molecule has 0 saturated heterocycles. The fourth-order valence-corrected chi connectivity index (χ4v) is 1.65. The van der Waals surface area contributed by atoms with Gasteiger partial charge >= 0.3 is 0 Å². The van der Waals surface area contributed by atoms with Crippen molar-refractivity contribution in [2.24, 2.45) is 6.98 Å². The fraction of sp³-hybridized carbons (Fsp3) is 0.400. The molecule has 4 nitrogen and oxygen atoms in total. The van der Waals surface area contributed by atoms with E-state index in [-0.39, 0.29) is 18.8 Å². The van der Waals surface area contributed by atoms with Gasteiger partial charge < -0.3 is 9.64 Å². The molecule has 0 saturated carbocycles. The Balaban J connectivity index is 2.35. The number of hydrogen-bond acceptors (Lipinski definition) is 3. The van der Waals surface area contributed by atoms with Gasteiger partial charge in [-0.15, -0.1) is 0 Å². The lowest BCUT2D eigenvalue weighted by Gasteiger charge is -2.20. The van der Waals surface area contributed by atoms with Gasteiger partial charge in [0.2, 0.25) is 0 Å². The Morgan fingerprint density at radius 2 is 2.26 bits per heavy atom. The van der Waals surface area contributed by atoms with Crippen LogP contribution in [0, 0.1) is 0 Å². The van der Waals surface area contributed by atoms with Gasteiger partial charge in [-0.2, -0.15) is 5.10 Å². The van der Waals surface area contributed by atoms with E-state index in [0.717, 1.165) is 9.58 Å². The second-order valence-electron chi connectivity index (χ2n) is 4.09. The summed E-state index contributed by atoms with van der Waals surface area (Å²) >= 11 is 0. The Hall–Kier alpha value is -1.65. The molecule has 0 aliphatic rings. The number of aryl methyl sites for hydroxylation is 1. The molecule has 19 heavy (non-hydrogen) atoms. The van der Waals surface area contributed by atoms with Crippen molar-refractivity contribution in [2.75, 3.05) is 27.2 Å². The van der Waals surface area contributed by atoms with Crippen molar-refractivity contribution in [3.05, 3.63) is 53.9 Å². The molecule has 0 amide bonds. The van der Waals surface area contributed by atoms with Crippen LogP contribution in [0.15, 0.2) is 42.6 Å². The van der Waals surface area contributed by atoms with E-state index in [9.17, 15) is 0 Å². The third-order valence-corrected chi connectivity index (χ3v) is 2.58. The molecule has 102 valence electrons. The van der Waals surface area contributed by atoms with Crippen molar-refractivity contribution in [1.82, 2.24) is 14.7 Å². The van der Waals surface area contributed by atoms with E-state index in [4.69, 9.17) is 14.3 Å². The van der Waals surface area contributed by atoms with Crippen LogP contribution in [0.5, 0.6) is 0 Å². The van der Waals surface area contributed by atoms with E-state index < -0.39 is 20.0 Å². The first-order valence-corrected chi connectivity index (χ1v) is 5.92. The highest BCUT2D eigenvalue weighted by molar-refractivity contribution is 5.25. The van der Waals surface area contributed by atoms with Crippen LogP contribution >= 0.6 is 0 Å². The SMILES string of the molecule is [2H]C(OCCN(C)C([2H])([2H])[2H])(c1ccccc1)c1ccnn1C([2H])([2H])[2H]. The molecule has 0 aliphatic heterocycles. The molecule has 0 bridgehead atoms. The van der Waals surface area contributed by atoms with E-state index >= 15 is 0 Å². The summed E-state index contributed by atoms with van der Waals surface area (Å²) in [5.74, 6) is 0. The van der Waals surface area contributed by atoms with Crippen LogP contribution in [0.1, 0.15) is 26.9 Å². The van der Waals surface area contributed by atoms with Crippen LogP contribution in [0.2, 0.25) is 0 Å². The Kier molecular flexibility index (Phi) is 2.47. The summed E-state index contributed by atoms with van der Waals surface area (Å²) in [6.45, 7) is -4.88. The molecule has 1 heterocycles. The third-order valence-electron chi connectivity index (χ3n) is 2.58. The number of aromatic nitrogens is 2. The first-order chi connectivity index (χ1) is 12.0. The quantitative estimate of drug-likeness (QED) is 0.802. The molecule has 1 aromatic heterocycles. The Morgan fingerprint density at radius 1 is 1.42 bits per heavy atom. The van der Waals surface area contributed by atoms with Crippen molar-refractivity contribution in [3.8, 4) is 0 Å². The molecule has 2 rings (SSSR count). The number of nitrogens with zero attached hydrogens (tertiary/aromatic N) is 3. The summed E-state index contributed by atoms with van der Waals surface area (Å²) in [6.07, 6.45) is -0.548. The molecule has 0 aliphatic carbocycles. The molecule has 0 N–H and O–H groups in total. The number of rotatable bonds is 6. The summed E-state index contributed by atoms with van der Waals surface area (Å²) in [7, 11) is 1.43. The zero-order valence-corrected chi connectivity index (χ0v) is 10.7. The van der Waals surface area contributed by atoms with Crippen LogP contribution in [0.25, 0.3) is 0 Å². The van der Waals surface area contributed by atoms with Crippen molar-refractivity contribution in [3.63, 3.8) is 0 Å². The number of ether oxygens (including phenoxy) is 1. The summed E-state index contributed by atoms with van der Waals surface area (Å²) in [5, 5.41) is 3.82. The first-order valence-electron chi connectivity index (χ1n) is 9.42. The minimum absolute atomic E-state index is 0.0419. The summed E-state index contributed by atoms with van der Waals surface area (Å²) in [5.41, 5.74) is 0.461. The average Bonchev–Trinajstić information content (AvgIpc) is 3.05. The van der Waals surface area contributed by atoms with Gasteiger partial charge in [-0.05, 0) is 25.7 Å². The zero-order valence-electron chi connectivity index (χ0n) is 17.7. The van der Waals surface area contributed by atoms with Gasteiger partial charge in [-0.3, -0.25) is 4.68 Å². The number of benzene rings is 1. The lowest BCUT2D eigenvalue weighted by molar-refractivity contribution is 0.0638. The van der Waals surface area contributed by atoms with Crippen LogP contribution in [-0.2, 0) is 11.7 Å². The molecular formula is C15H21N3O. The van der Waals surface area contributed by atoms with E-state index in [1.165, 1.54) is 19.3 Å². The fourth-order valence-electron chi connectivity index (χ4n) is 1.65. The highest BCUT2D eigenvalue weighted by atomic mass is 16.5. The lowest BCUT2D eigenvalue weighted by atomic mass is 10.1. The highest BCUT2D eigenvalue weighted by Crippen LogP contribution is 2.25. The molecule has 2 aromatic rings. The van der Waals surface area contributed by atoms with Gasteiger partial charge in [0.1, 0.15) is 6.08 Å². The minimum atomic E-state index is -2.57. The third kappa shape index (κ3) is 3.66. The Morgan fingerprint density at radius 3 is 3.00 bits per heavy atom. The van der Waals surface area contributed by atoms with Gasteiger partial charge in [0.25, 0.3) is 0 Å². The van der Waals surface area contributed by atoms with E-state index in [0.29, 0.717) is 5.56 Å². The van der Waals surface area contributed by atoms with Crippen molar-refractivity contribution in [2.45, 2.75) is 6.08 Å². The van der Waals surface area contributed by atoms with Crippen LogP contribution in [0.4, 0.5) is 0 Å². The van der Waals surface area contributed by atoms with Crippen molar-refractivity contribution < 1.29 is 14.3 Å². The summed E-state index contributed by atoms with van der Waals surface area (Å²) in [6, 6.07) is 9.92. The first kappa shape index (κ1) is 7.22. The molecule has 1 aromatic carbocycles. The molecule has 1 atom stereocenters. The van der Waals surface area contributed by atoms with Crippen LogP contribution in [0.3, 0.4) is 0 Å². The smallest absolute Gasteiger partial charge is 0.124 e. The monoisotopic (exact) mass is 266 g/mol. The van der Waals surface area contributed by atoms with Crippen LogP contribution < -0.4 is 0 Å². The molecule has 0 radical (unpaired) electrons. The maximum atomic E-state index is 8.85. The maximum Gasteiger partial charge on any atom is 0.124 e. The Bertz CT molecular complexity index is 714. The minimum Gasteiger partial charge on any atom is -0.366 e. The normalized spacial score (nSPS) is 21.3. The summed E-state index contributed by atoms with van der Waals surface area (Å²) < 4.78 is 60.3. The number of likely N-dealkylation sites (N-methyl/N-ethyl adjacent to an activating group) is 1. The Labute approximate surface area is 124 Å². The van der Waals surface area contributed by atoms with E-state index in [1.54, 1.807) is 30.3 Å². The lowest BCUT2D eigenvalue weighted by Crippen LogP contribution is -2.20. The number of hydrogen-bond donors (Lipinski definition) is 0. The molecule has 0 spiro atoms. The predicted molar refractivity (Wildman–Crippen MR) is 76.0 cm³/mol. The van der Waals surface area contributed by atoms with Gasteiger partial charge in [0.15, 0.2) is 0 Å². The van der Waals surface area contributed by atoms with Gasteiger partial charge in [0, 0.05) is 27.9 Å². The second kappa shape index (κ2) is 6.50. The largest absolute Gasteiger partial charge is 0.366 e. The molecular weight excluding hydrogens is 238 g/mol. The van der Waals surface area contributed by atoms with Crippen molar-refractivity contribution in [1.29, 1.82) is 0 Å². The molecule has 4 heteroatoms. The predicted octanol–water partition coefficient (Wildman–Crippen LogP) is 2.09. The van der Waals surface area contributed by atoms with Gasteiger partial charge in [-0.1, -0.05) is 30.3 Å². The van der Waals surface area contributed by atoms with Crippen molar-refractivity contribution >= 4 is 0 Å².